The Morgan fingerprint density at radius 1 is 0.810 bits per heavy atom. The predicted molar refractivity (Wildman–Crippen MR) is 62.5 cm³/mol. The third kappa shape index (κ3) is 3.63. The van der Waals surface area contributed by atoms with Gasteiger partial charge in [0.1, 0.15) is 5.15 Å². The van der Waals surface area contributed by atoms with Gasteiger partial charge in [-0.1, -0.05) is 11.6 Å². The van der Waals surface area contributed by atoms with E-state index < -0.39 is 28.6 Å². The molecule has 0 bridgehead atoms. The lowest BCUT2D eigenvalue weighted by Crippen LogP contribution is -2.07. The molecule has 0 aliphatic rings. The van der Waals surface area contributed by atoms with Crippen molar-refractivity contribution in [2.24, 2.45) is 0 Å². The van der Waals surface area contributed by atoms with E-state index in [-0.39, 0.29) is 11.4 Å². The molecule has 0 saturated heterocycles. The summed E-state index contributed by atoms with van der Waals surface area (Å²) >= 11 is 5.47. The summed E-state index contributed by atoms with van der Waals surface area (Å²) in [6.45, 7) is 0. The quantitative estimate of drug-likeness (QED) is 0.554. The Morgan fingerprint density at radius 2 is 1.38 bits per heavy atom. The Kier molecular flexibility index (Phi) is 3.83. The summed E-state index contributed by atoms with van der Waals surface area (Å²) in [5.74, 6) is 0. The second kappa shape index (κ2) is 5.18. The highest BCUT2D eigenvalue weighted by atomic mass is 35.5. The minimum absolute atomic E-state index is 0.349. The van der Waals surface area contributed by atoms with Gasteiger partial charge in [-0.3, -0.25) is 4.98 Å². The summed E-state index contributed by atoms with van der Waals surface area (Å²) < 4.78 is 75.7. The van der Waals surface area contributed by atoms with Gasteiger partial charge in [0.2, 0.25) is 0 Å². The lowest BCUT2D eigenvalue weighted by Gasteiger charge is -2.10. The van der Waals surface area contributed by atoms with Crippen molar-refractivity contribution in [3.63, 3.8) is 0 Å². The second-order valence-electron chi connectivity index (χ2n) is 3.99. The van der Waals surface area contributed by atoms with Crippen LogP contribution in [0.5, 0.6) is 0 Å². The molecule has 0 aromatic carbocycles. The molecule has 0 aliphatic heterocycles. The molecule has 9 heteroatoms. The molecule has 0 atom stereocenters. The van der Waals surface area contributed by atoms with Crippen LogP contribution in [0.3, 0.4) is 0 Å². The minimum Gasteiger partial charge on any atom is -0.255 e. The third-order valence-electron chi connectivity index (χ3n) is 2.47. The Bertz CT molecular complexity index is 666. The summed E-state index contributed by atoms with van der Waals surface area (Å²) in [6, 6.07) is 2.49. The van der Waals surface area contributed by atoms with E-state index in [0.29, 0.717) is 24.3 Å². The lowest BCUT2D eigenvalue weighted by atomic mass is 10.1. The van der Waals surface area contributed by atoms with Gasteiger partial charge in [-0.05, 0) is 24.3 Å². The fourth-order valence-electron chi connectivity index (χ4n) is 1.54. The van der Waals surface area contributed by atoms with E-state index in [2.05, 4.69) is 9.97 Å². The van der Waals surface area contributed by atoms with E-state index in [1.165, 1.54) is 0 Å². The molecule has 2 rings (SSSR count). The van der Waals surface area contributed by atoms with Gasteiger partial charge >= 0.3 is 12.4 Å². The number of hydrogen-bond donors (Lipinski definition) is 0. The largest absolute Gasteiger partial charge is 0.416 e. The SMILES string of the molecule is FC(F)(F)c1ccnc(-c2cc(C(F)(F)F)cc(Cl)n2)c1. The number of alkyl halides is 6. The van der Waals surface area contributed by atoms with Crippen molar-refractivity contribution in [2.75, 3.05) is 0 Å². The van der Waals surface area contributed by atoms with Gasteiger partial charge in [-0.25, -0.2) is 4.98 Å². The molecule has 2 nitrogen and oxygen atoms in total. The molecule has 112 valence electrons. The van der Waals surface area contributed by atoms with Crippen LogP contribution < -0.4 is 0 Å². The maximum absolute atomic E-state index is 12.6. The number of aromatic nitrogens is 2. The Balaban J connectivity index is 2.55. The molecule has 0 amide bonds. The van der Waals surface area contributed by atoms with Crippen LogP contribution in [-0.2, 0) is 12.4 Å². The Hall–Kier alpha value is -1.83. The summed E-state index contributed by atoms with van der Waals surface area (Å²) in [5, 5.41) is -0.487. The normalized spacial score (nSPS) is 12.5. The Labute approximate surface area is 119 Å². The average Bonchev–Trinajstić information content (AvgIpc) is 2.36. The average molecular weight is 327 g/mol. The molecule has 0 unspecified atom stereocenters. The van der Waals surface area contributed by atoms with Crippen molar-refractivity contribution < 1.29 is 26.3 Å². The maximum atomic E-state index is 12.6. The molecule has 0 spiro atoms. The van der Waals surface area contributed by atoms with Crippen molar-refractivity contribution in [2.45, 2.75) is 12.4 Å². The molecule has 2 aromatic heterocycles. The van der Waals surface area contributed by atoms with Crippen LogP contribution in [0.4, 0.5) is 26.3 Å². The van der Waals surface area contributed by atoms with Crippen molar-refractivity contribution in [3.05, 3.63) is 46.7 Å². The molecule has 0 aliphatic carbocycles. The molecule has 2 aromatic rings. The van der Waals surface area contributed by atoms with Crippen LogP contribution in [0.15, 0.2) is 30.5 Å². The molecule has 0 N–H and O–H groups in total. The number of pyridine rings is 2. The van der Waals surface area contributed by atoms with E-state index in [9.17, 15) is 26.3 Å². The van der Waals surface area contributed by atoms with Crippen LogP contribution in [0.2, 0.25) is 5.15 Å². The van der Waals surface area contributed by atoms with Gasteiger partial charge in [0, 0.05) is 6.20 Å². The van der Waals surface area contributed by atoms with Crippen molar-refractivity contribution in [1.82, 2.24) is 9.97 Å². The molecular weight excluding hydrogens is 322 g/mol. The topological polar surface area (TPSA) is 25.8 Å². The zero-order valence-electron chi connectivity index (χ0n) is 9.93. The van der Waals surface area contributed by atoms with Crippen LogP contribution >= 0.6 is 11.6 Å². The summed E-state index contributed by atoms with van der Waals surface area (Å²) in [4.78, 5) is 7.18. The van der Waals surface area contributed by atoms with Gasteiger partial charge in [-0.15, -0.1) is 0 Å². The minimum atomic E-state index is -4.69. The van der Waals surface area contributed by atoms with E-state index in [1.807, 2.05) is 0 Å². The van der Waals surface area contributed by atoms with Crippen molar-refractivity contribution in [3.8, 4) is 11.4 Å². The van der Waals surface area contributed by atoms with Crippen LogP contribution in [0.1, 0.15) is 11.1 Å². The van der Waals surface area contributed by atoms with E-state index in [4.69, 9.17) is 11.6 Å². The summed E-state index contributed by atoms with van der Waals surface area (Å²) in [5.41, 5.74) is -2.89. The molecule has 0 saturated carbocycles. The smallest absolute Gasteiger partial charge is 0.255 e. The standard InChI is InChI=1S/C12H5ClF6N2/c13-10-5-7(12(17,18)19)4-9(21-10)8-3-6(1-2-20-8)11(14,15)16/h1-5H. The third-order valence-corrected chi connectivity index (χ3v) is 2.66. The van der Waals surface area contributed by atoms with Gasteiger partial charge in [0.15, 0.2) is 0 Å². The number of rotatable bonds is 1. The van der Waals surface area contributed by atoms with E-state index >= 15 is 0 Å². The van der Waals surface area contributed by atoms with Gasteiger partial charge in [0.25, 0.3) is 0 Å². The van der Waals surface area contributed by atoms with E-state index in [1.54, 1.807) is 0 Å². The van der Waals surface area contributed by atoms with Crippen LogP contribution in [0.25, 0.3) is 11.4 Å². The van der Waals surface area contributed by atoms with E-state index in [0.717, 1.165) is 6.20 Å². The fourth-order valence-corrected chi connectivity index (χ4v) is 1.75. The molecule has 0 fully saturated rings. The highest BCUT2D eigenvalue weighted by Crippen LogP contribution is 2.34. The van der Waals surface area contributed by atoms with Crippen LogP contribution in [0, 0.1) is 0 Å². The predicted octanol–water partition coefficient (Wildman–Crippen LogP) is 4.83. The zero-order valence-corrected chi connectivity index (χ0v) is 10.7. The fraction of sp³-hybridized carbons (Fsp3) is 0.167. The number of hydrogen-bond acceptors (Lipinski definition) is 2. The second-order valence-corrected chi connectivity index (χ2v) is 4.38. The molecular formula is C12H5ClF6N2. The lowest BCUT2D eigenvalue weighted by molar-refractivity contribution is -0.138. The number of halogens is 7. The maximum Gasteiger partial charge on any atom is 0.416 e. The van der Waals surface area contributed by atoms with Gasteiger partial charge < -0.3 is 0 Å². The first kappa shape index (κ1) is 15.6. The van der Waals surface area contributed by atoms with Crippen LogP contribution in [-0.4, -0.2) is 9.97 Å². The van der Waals surface area contributed by atoms with Gasteiger partial charge in [-0.2, -0.15) is 26.3 Å². The summed E-state index contributed by atoms with van der Waals surface area (Å²) in [7, 11) is 0. The zero-order chi connectivity index (χ0) is 15.8. The summed E-state index contributed by atoms with van der Waals surface area (Å²) in [6.07, 6.45) is -8.49. The van der Waals surface area contributed by atoms with Gasteiger partial charge in [0.05, 0.1) is 22.5 Å². The van der Waals surface area contributed by atoms with Crippen molar-refractivity contribution in [1.29, 1.82) is 0 Å². The van der Waals surface area contributed by atoms with Crippen molar-refractivity contribution >= 4 is 11.6 Å². The molecule has 0 radical (unpaired) electrons. The highest BCUT2D eigenvalue weighted by Gasteiger charge is 2.33. The Morgan fingerprint density at radius 3 is 1.95 bits per heavy atom. The molecule has 2 heterocycles. The first-order valence-electron chi connectivity index (χ1n) is 5.36. The highest BCUT2D eigenvalue weighted by molar-refractivity contribution is 6.29. The first-order chi connectivity index (χ1) is 9.57. The monoisotopic (exact) mass is 326 g/mol. The first-order valence-corrected chi connectivity index (χ1v) is 5.73. The number of nitrogens with zero attached hydrogens (tertiary/aromatic N) is 2. The molecule has 21 heavy (non-hydrogen) atoms.